The van der Waals surface area contributed by atoms with E-state index in [2.05, 4.69) is 31.0 Å². The first kappa shape index (κ1) is 12.9. The van der Waals surface area contributed by atoms with Gasteiger partial charge in [0.15, 0.2) is 0 Å². The molecular weight excluding hydrogens is 228 g/mol. The molecule has 1 aromatic heterocycles. The van der Waals surface area contributed by atoms with E-state index in [0.29, 0.717) is 11.3 Å². The van der Waals surface area contributed by atoms with Gasteiger partial charge in [0.1, 0.15) is 0 Å². The molecular formula is C14H22N2S. The van der Waals surface area contributed by atoms with Gasteiger partial charge in [-0.3, -0.25) is 0 Å². The van der Waals surface area contributed by atoms with Crippen molar-refractivity contribution in [2.24, 2.45) is 5.73 Å². The van der Waals surface area contributed by atoms with Crippen molar-refractivity contribution in [3.63, 3.8) is 0 Å². The zero-order valence-electron chi connectivity index (χ0n) is 10.8. The van der Waals surface area contributed by atoms with Gasteiger partial charge in [-0.2, -0.15) is 0 Å². The fourth-order valence-corrected chi connectivity index (χ4v) is 3.82. The van der Waals surface area contributed by atoms with E-state index >= 15 is 0 Å². The Morgan fingerprint density at radius 2 is 1.94 bits per heavy atom. The second-order valence-electron chi connectivity index (χ2n) is 5.08. The van der Waals surface area contributed by atoms with Crippen molar-refractivity contribution in [3.8, 4) is 0 Å². The molecule has 94 valence electrons. The van der Waals surface area contributed by atoms with Crippen LogP contribution in [0.1, 0.15) is 43.4 Å². The highest BCUT2D eigenvalue weighted by atomic mass is 32.2. The summed E-state index contributed by atoms with van der Waals surface area (Å²) in [6.07, 6.45) is 6.35. The summed E-state index contributed by atoms with van der Waals surface area (Å²) in [6, 6.07) is 4.64. The van der Waals surface area contributed by atoms with Crippen LogP contribution in [0.3, 0.4) is 0 Å². The smallest absolute Gasteiger partial charge is 0.0968 e. The molecule has 1 saturated carbocycles. The molecule has 2 rings (SSSR count). The van der Waals surface area contributed by atoms with Crippen LogP contribution in [-0.2, 0) is 0 Å². The highest BCUT2D eigenvalue weighted by Gasteiger charge is 2.21. The number of nitrogens with zero attached hydrogens (tertiary/aromatic N) is 1. The summed E-state index contributed by atoms with van der Waals surface area (Å²) in [5.74, 6) is 0. The first-order chi connectivity index (χ1) is 8.15. The Bertz CT molecular complexity index is 358. The summed E-state index contributed by atoms with van der Waals surface area (Å²) >= 11 is 1.88. The van der Waals surface area contributed by atoms with Gasteiger partial charge in [0, 0.05) is 17.0 Å². The third kappa shape index (κ3) is 3.71. The van der Waals surface area contributed by atoms with Gasteiger partial charge >= 0.3 is 0 Å². The van der Waals surface area contributed by atoms with E-state index in [1.165, 1.54) is 37.7 Å². The molecule has 0 aromatic carbocycles. The van der Waals surface area contributed by atoms with Gasteiger partial charge in [-0.25, -0.2) is 4.98 Å². The number of thioether (sulfide) groups is 1. The molecule has 2 nitrogen and oxygen atoms in total. The predicted octanol–water partition coefficient (Wildman–Crippen LogP) is 3.45. The summed E-state index contributed by atoms with van der Waals surface area (Å²) in [5, 5.41) is 1.69. The van der Waals surface area contributed by atoms with E-state index in [1.807, 2.05) is 11.8 Å². The molecule has 3 heteroatoms. The minimum absolute atomic E-state index is 0.338. The molecule has 0 radical (unpaired) electrons. The Labute approximate surface area is 108 Å². The quantitative estimate of drug-likeness (QED) is 0.817. The Morgan fingerprint density at radius 3 is 2.71 bits per heavy atom. The molecule has 0 saturated heterocycles. The largest absolute Gasteiger partial charge is 0.327 e. The number of aromatic nitrogens is 1. The molecule has 1 aromatic rings. The van der Waals surface area contributed by atoms with Crippen molar-refractivity contribution in [1.82, 2.24) is 4.98 Å². The van der Waals surface area contributed by atoms with Crippen LogP contribution in [0, 0.1) is 13.8 Å². The lowest BCUT2D eigenvalue weighted by molar-refractivity contribution is 0.596. The maximum atomic E-state index is 6.25. The molecule has 1 fully saturated rings. The molecule has 0 spiro atoms. The highest BCUT2D eigenvalue weighted by Crippen LogP contribution is 2.31. The number of nitrogens with two attached hydrogens (primary N) is 1. The molecule has 2 N–H and O–H groups in total. The van der Waals surface area contributed by atoms with Crippen LogP contribution in [-0.4, -0.2) is 16.3 Å². The second-order valence-corrected chi connectivity index (χ2v) is 6.34. The average Bonchev–Trinajstić information content (AvgIpc) is 2.43. The Hall–Kier alpha value is -0.540. The van der Waals surface area contributed by atoms with Crippen LogP contribution < -0.4 is 5.73 Å². The third-order valence-electron chi connectivity index (χ3n) is 3.35. The maximum absolute atomic E-state index is 6.25. The van der Waals surface area contributed by atoms with E-state index in [0.717, 1.165) is 10.7 Å². The number of aryl methyl sites for hydroxylation is 2. The Balaban J connectivity index is 2.07. The van der Waals surface area contributed by atoms with Crippen LogP contribution in [0.4, 0.5) is 0 Å². The van der Waals surface area contributed by atoms with Gasteiger partial charge in [0.25, 0.3) is 0 Å². The molecule has 17 heavy (non-hydrogen) atoms. The Morgan fingerprint density at radius 1 is 1.18 bits per heavy atom. The lowest BCUT2D eigenvalue weighted by atomic mass is 10.1. The average molecular weight is 250 g/mol. The zero-order chi connectivity index (χ0) is 12.3. The van der Waals surface area contributed by atoms with Gasteiger partial charge in [-0.15, -0.1) is 11.8 Å². The first-order valence-corrected chi connectivity index (χ1v) is 7.40. The molecule has 1 aliphatic carbocycles. The van der Waals surface area contributed by atoms with Crippen LogP contribution in [0.25, 0.3) is 0 Å². The summed E-state index contributed by atoms with van der Waals surface area (Å²) in [4.78, 5) is 4.60. The standard InChI is InChI=1S/C14H22N2S/c1-10-8-11(2)16-14(9-10)17-13-7-5-3-4-6-12(13)15/h8-9,12-13H,3-7,15H2,1-2H3. The van der Waals surface area contributed by atoms with Crippen LogP contribution in [0.15, 0.2) is 17.2 Å². The Kier molecular flexibility index (Phi) is 4.46. The lowest BCUT2D eigenvalue weighted by Gasteiger charge is -2.20. The molecule has 0 amide bonds. The van der Waals surface area contributed by atoms with Crippen molar-refractivity contribution >= 4 is 11.8 Å². The second kappa shape index (κ2) is 5.87. The van der Waals surface area contributed by atoms with Gasteiger partial charge in [-0.1, -0.05) is 19.3 Å². The number of hydrogen-bond donors (Lipinski definition) is 1. The fourth-order valence-electron chi connectivity index (χ4n) is 2.47. The highest BCUT2D eigenvalue weighted by molar-refractivity contribution is 7.99. The molecule has 0 aliphatic heterocycles. The first-order valence-electron chi connectivity index (χ1n) is 6.52. The van der Waals surface area contributed by atoms with Crippen molar-refractivity contribution in [3.05, 3.63) is 23.4 Å². The van der Waals surface area contributed by atoms with Crippen molar-refractivity contribution < 1.29 is 0 Å². The monoisotopic (exact) mass is 250 g/mol. The minimum Gasteiger partial charge on any atom is -0.327 e. The molecule has 1 heterocycles. The van der Waals surface area contributed by atoms with Crippen molar-refractivity contribution in [1.29, 1.82) is 0 Å². The molecule has 2 atom stereocenters. The predicted molar refractivity (Wildman–Crippen MR) is 74.4 cm³/mol. The number of hydrogen-bond acceptors (Lipinski definition) is 3. The van der Waals surface area contributed by atoms with Crippen LogP contribution >= 0.6 is 11.8 Å². The maximum Gasteiger partial charge on any atom is 0.0968 e. The molecule has 0 bridgehead atoms. The van der Waals surface area contributed by atoms with E-state index < -0.39 is 0 Å². The number of pyridine rings is 1. The normalized spacial score (nSPS) is 25.6. The summed E-state index contributed by atoms with van der Waals surface area (Å²) < 4.78 is 0. The minimum atomic E-state index is 0.338. The van der Waals surface area contributed by atoms with Gasteiger partial charge < -0.3 is 5.73 Å². The van der Waals surface area contributed by atoms with Gasteiger partial charge in [-0.05, 0) is 44.4 Å². The molecule has 2 unspecified atom stereocenters. The van der Waals surface area contributed by atoms with E-state index in [1.54, 1.807) is 0 Å². The van der Waals surface area contributed by atoms with E-state index in [-0.39, 0.29) is 0 Å². The lowest BCUT2D eigenvalue weighted by Crippen LogP contribution is -2.31. The fraction of sp³-hybridized carbons (Fsp3) is 0.643. The van der Waals surface area contributed by atoms with Gasteiger partial charge in [0.05, 0.1) is 5.03 Å². The van der Waals surface area contributed by atoms with E-state index in [4.69, 9.17) is 5.73 Å². The SMILES string of the molecule is Cc1cc(C)nc(SC2CCCCCC2N)c1. The third-order valence-corrected chi connectivity index (χ3v) is 4.69. The van der Waals surface area contributed by atoms with Crippen molar-refractivity contribution in [2.75, 3.05) is 0 Å². The number of rotatable bonds is 2. The van der Waals surface area contributed by atoms with E-state index in [9.17, 15) is 0 Å². The van der Waals surface area contributed by atoms with Crippen LogP contribution in [0.5, 0.6) is 0 Å². The van der Waals surface area contributed by atoms with Crippen LogP contribution in [0.2, 0.25) is 0 Å². The summed E-state index contributed by atoms with van der Waals surface area (Å²) in [6.45, 7) is 4.19. The van der Waals surface area contributed by atoms with Crippen molar-refractivity contribution in [2.45, 2.75) is 62.3 Å². The van der Waals surface area contributed by atoms with Gasteiger partial charge in [0.2, 0.25) is 0 Å². The summed E-state index contributed by atoms with van der Waals surface area (Å²) in [7, 11) is 0. The zero-order valence-corrected chi connectivity index (χ0v) is 11.6. The summed E-state index contributed by atoms with van der Waals surface area (Å²) in [5.41, 5.74) is 8.65. The topological polar surface area (TPSA) is 38.9 Å². The molecule has 1 aliphatic rings.